The van der Waals surface area contributed by atoms with Gasteiger partial charge in [0, 0.05) is 35.2 Å². The van der Waals surface area contributed by atoms with Gasteiger partial charge in [-0.05, 0) is 130 Å². The number of fused-ring (bicyclic) bond motifs is 5. The highest BCUT2D eigenvalue weighted by Gasteiger charge is 2.36. The third-order valence-electron chi connectivity index (χ3n) is 10.9. The van der Waals surface area contributed by atoms with E-state index in [1.54, 1.807) is 66.7 Å². The molecule has 1 aliphatic heterocycles. The number of carbonyl (C=O) groups excluding carboxylic acids is 6. The van der Waals surface area contributed by atoms with Crippen molar-refractivity contribution in [1.82, 2.24) is 26.2 Å². The molecule has 63 heavy (non-hydrogen) atoms. The Morgan fingerprint density at radius 3 is 2.17 bits per heavy atom. The molecule has 4 bridgehead atoms. The summed E-state index contributed by atoms with van der Waals surface area (Å²) in [6.07, 6.45) is 1.74. The third kappa shape index (κ3) is 12.4. The maximum absolute atomic E-state index is 14.7. The molecule has 1 aliphatic rings. The molecule has 9 N–H and O–H groups in total. The number of benzene rings is 4. The number of likely N-dealkylation sites (N-methyl/N-ethyl adjacent to an activating group) is 1. The lowest BCUT2D eigenvalue weighted by Gasteiger charge is -2.32. The molecule has 0 aromatic heterocycles. The number of halogens is 1. The lowest BCUT2D eigenvalue weighted by Crippen LogP contribution is -2.56. The summed E-state index contributed by atoms with van der Waals surface area (Å²) in [6.45, 7) is 5.25. The van der Waals surface area contributed by atoms with Crippen LogP contribution in [-0.2, 0) is 30.4 Å². The van der Waals surface area contributed by atoms with Crippen LogP contribution in [0.2, 0.25) is 5.02 Å². The number of amides is 5. The number of aromatic hydroxyl groups is 1. The number of nitrogens with one attached hydrogen (secondary N) is 4. The van der Waals surface area contributed by atoms with Crippen molar-refractivity contribution >= 4 is 46.9 Å². The van der Waals surface area contributed by atoms with E-state index in [1.165, 1.54) is 38.8 Å². The fourth-order valence-corrected chi connectivity index (χ4v) is 7.26. The summed E-state index contributed by atoms with van der Waals surface area (Å²) in [5.41, 5.74) is 15.1. The SMILES string of the molecule is CC(=O)C(C)NC(=O)C1Cc2ccc(O)c(c2)-c2cc(ccc2OCCCN)C(N(C)C(=O)C(CCCCN)NC(=O)c2ccc(-c3ccc(Cl)cc3)cc2)C(=O)NC(C)C(=O)N1. The van der Waals surface area contributed by atoms with E-state index in [4.69, 9.17) is 27.8 Å². The Morgan fingerprint density at radius 2 is 1.52 bits per heavy atom. The van der Waals surface area contributed by atoms with Gasteiger partial charge < -0.3 is 47.5 Å². The number of ketones is 1. The zero-order valence-corrected chi connectivity index (χ0v) is 36.7. The van der Waals surface area contributed by atoms with E-state index in [-0.39, 0.29) is 36.5 Å². The van der Waals surface area contributed by atoms with Gasteiger partial charge in [-0.25, -0.2) is 0 Å². The Labute approximate surface area is 372 Å². The third-order valence-corrected chi connectivity index (χ3v) is 11.2. The summed E-state index contributed by atoms with van der Waals surface area (Å²) in [7, 11) is 1.43. The highest BCUT2D eigenvalue weighted by molar-refractivity contribution is 6.30. The van der Waals surface area contributed by atoms with Crippen LogP contribution in [0.25, 0.3) is 22.3 Å². The van der Waals surface area contributed by atoms with Crippen molar-refractivity contribution in [2.45, 2.75) is 83.1 Å². The zero-order chi connectivity index (χ0) is 45.8. The second-order valence-electron chi connectivity index (χ2n) is 15.7. The van der Waals surface area contributed by atoms with E-state index in [9.17, 15) is 33.9 Å². The molecule has 1 heterocycles. The molecule has 5 atom stereocenters. The number of rotatable bonds is 16. The van der Waals surface area contributed by atoms with Crippen LogP contribution in [0.3, 0.4) is 0 Å². The number of hydrogen-bond donors (Lipinski definition) is 7. The number of ether oxygens (including phenoxy) is 1. The Hall–Kier alpha value is -6.29. The molecule has 0 spiro atoms. The van der Waals surface area contributed by atoms with Gasteiger partial charge in [0.25, 0.3) is 5.91 Å². The molecule has 0 aliphatic carbocycles. The number of hydrogen-bond acceptors (Lipinski definition) is 10. The van der Waals surface area contributed by atoms with Gasteiger partial charge in [-0.1, -0.05) is 48.0 Å². The Balaban J connectivity index is 1.55. The summed E-state index contributed by atoms with van der Waals surface area (Å²) in [5.74, 6) is -3.29. The standard InChI is InChI=1S/C47H56ClN7O8/c1-27(29(3)56)51-45(60)39-25-30-9-19-40(57)36(24-30)37-26-34(16-20-41(37)63-23-7-22-50)42(46(61)52-28(2)43(58)54-39)55(4)47(62)38(8-5-6-21-49)53-44(59)33-12-10-31(11-13-33)32-14-17-35(48)18-15-32/h9-20,24,26-28,38-39,42,57H,5-8,21-23,25,49-50H2,1-4H3,(H,51,60)(H,52,61)(H,53,59)(H,54,58). The number of nitrogens with zero attached hydrogens (tertiary/aromatic N) is 1. The number of carbonyl (C=O) groups is 6. The maximum atomic E-state index is 14.7. The number of Topliss-reactive ketones (excluding diaryl/α,β-unsaturated/α-hetero) is 1. The first kappa shape index (κ1) is 47.8. The molecule has 334 valence electrons. The van der Waals surface area contributed by atoms with Crippen molar-refractivity contribution in [3.05, 3.63) is 107 Å². The van der Waals surface area contributed by atoms with Crippen molar-refractivity contribution in [2.75, 3.05) is 26.7 Å². The van der Waals surface area contributed by atoms with Crippen LogP contribution in [0.4, 0.5) is 0 Å². The molecule has 5 unspecified atom stereocenters. The van der Waals surface area contributed by atoms with E-state index in [1.807, 2.05) is 12.1 Å². The minimum Gasteiger partial charge on any atom is -0.507 e. The smallest absolute Gasteiger partial charge is 0.251 e. The molecule has 4 aromatic carbocycles. The Bertz CT molecular complexity index is 2290. The van der Waals surface area contributed by atoms with Crippen LogP contribution < -0.4 is 37.5 Å². The van der Waals surface area contributed by atoms with Crippen LogP contribution in [0.15, 0.2) is 84.9 Å². The molecule has 0 saturated carbocycles. The molecular formula is C47H56ClN7O8. The van der Waals surface area contributed by atoms with Gasteiger partial charge in [-0.15, -0.1) is 0 Å². The van der Waals surface area contributed by atoms with Gasteiger partial charge >= 0.3 is 0 Å². The molecule has 0 radical (unpaired) electrons. The van der Waals surface area contributed by atoms with E-state index in [2.05, 4.69) is 21.3 Å². The van der Waals surface area contributed by atoms with Crippen LogP contribution in [0.1, 0.15) is 74.0 Å². The molecule has 15 nitrogen and oxygen atoms in total. The average molecular weight is 882 g/mol. The van der Waals surface area contributed by atoms with Gasteiger partial charge in [0.05, 0.1) is 12.6 Å². The normalized spacial score (nSPS) is 17.2. The zero-order valence-electron chi connectivity index (χ0n) is 35.9. The molecule has 4 aromatic rings. The van der Waals surface area contributed by atoms with Crippen molar-refractivity contribution in [1.29, 1.82) is 0 Å². The van der Waals surface area contributed by atoms with Gasteiger partial charge in [0.2, 0.25) is 23.6 Å². The molecule has 0 fully saturated rings. The summed E-state index contributed by atoms with van der Waals surface area (Å²) in [5, 5.41) is 22.8. The van der Waals surface area contributed by atoms with Crippen LogP contribution >= 0.6 is 11.6 Å². The van der Waals surface area contributed by atoms with E-state index >= 15 is 0 Å². The topological polar surface area (TPSA) is 235 Å². The van der Waals surface area contributed by atoms with Crippen molar-refractivity contribution in [2.24, 2.45) is 11.5 Å². The van der Waals surface area contributed by atoms with Gasteiger partial charge in [0.1, 0.15) is 35.7 Å². The van der Waals surface area contributed by atoms with Gasteiger partial charge in [0.15, 0.2) is 5.78 Å². The second kappa shape index (κ2) is 22.2. The first-order chi connectivity index (χ1) is 30.1. The van der Waals surface area contributed by atoms with Crippen LogP contribution in [0.5, 0.6) is 11.5 Å². The second-order valence-corrected chi connectivity index (χ2v) is 16.1. The van der Waals surface area contributed by atoms with Gasteiger partial charge in [-0.2, -0.15) is 0 Å². The van der Waals surface area contributed by atoms with Crippen molar-refractivity contribution < 1.29 is 38.6 Å². The first-order valence-corrected chi connectivity index (χ1v) is 21.3. The fourth-order valence-electron chi connectivity index (χ4n) is 7.13. The lowest BCUT2D eigenvalue weighted by molar-refractivity contribution is -0.141. The molecule has 0 saturated heterocycles. The summed E-state index contributed by atoms with van der Waals surface area (Å²) >= 11 is 6.06. The number of nitrogens with two attached hydrogens (primary N) is 2. The van der Waals surface area contributed by atoms with Crippen molar-refractivity contribution in [3.63, 3.8) is 0 Å². The average Bonchev–Trinajstić information content (AvgIpc) is 3.26. The maximum Gasteiger partial charge on any atom is 0.251 e. The number of unbranched alkanes of at least 4 members (excludes halogenated alkanes) is 1. The predicted octanol–water partition coefficient (Wildman–Crippen LogP) is 4.17. The first-order valence-electron chi connectivity index (χ1n) is 21.0. The van der Waals surface area contributed by atoms with E-state index in [0.29, 0.717) is 65.4 Å². The number of phenolic OH excluding ortho intramolecular Hbond substituents is 1. The molecular weight excluding hydrogens is 826 g/mol. The molecule has 5 rings (SSSR count). The minimum absolute atomic E-state index is 0.0389. The quantitative estimate of drug-likeness (QED) is 0.0794. The predicted molar refractivity (Wildman–Crippen MR) is 241 cm³/mol. The van der Waals surface area contributed by atoms with E-state index in [0.717, 1.165) is 11.1 Å². The molecule has 16 heteroatoms. The minimum atomic E-state index is -1.39. The van der Waals surface area contributed by atoms with Crippen molar-refractivity contribution in [3.8, 4) is 33.8 Å². The fraction of sp³-hybridized carbons (Fsp3) is 0.362. The number of phenols is 1. The summed E-state index contributed by atoms with van der Waals surface area (Å²) in [6, 6.07) is 18.0. The van der Waals surface area contributed by atoms with Crippen LogP contribution in [-0.4, -0.2) is 96.2 Å². The molecule has 5 amide bonds. The monoisotopic (exact) mass is 881 g/mol. The van der Waals surface area contributed by atoms with Crippen LogP contribution in [0, 0.1) is 0 Å². The van der Waals surface area contributed by atoms with E-state index < -0.39 is 59.7 Å². The summed E-state index contributed by atoms with van der Waals surface area (Å²) < 4.78 is 6.13. The van der Waals surface area contributed by atoms with Gasteiger partial charge in [-0.3, -0.25) is 28.8 Å². The Kier molecular flexibility index (Phi) is 16.8. The largest absolute Gasteiger partial charge is 0.507 e. The highest BCUT2D eigenvalue weighted by atomic mass is 35.5. The highest BCUT2D eigenvalue weighted by Crippen LogP contribution is 2.39. The Morgan fingerprint density at radius 1 is 0.857 bits per heavy atom. The summed E-state index contributed by atoms with van der Waals surface area (Å²) in [4.78, 5) is 83.6. The lowest BCUT2D eigenvalue weighted by atomic mass is 9.93.